The van der Waals surface area contributed by atoms with E-state index < -0.39 is 24.0 Å². The molecule has 9 heteroatoms. The molecule has 1 aliphatic heterocycles. The summed E-state index contributed by atoms with van der Waals surface area (Å²) in [7, 11) is 0. The number of hydrogen-bond donors (Lipinski definition) is 1. The molecular weight excluding hydrogens is 448 g/mol. The van der Waals surface area contributed by atoms with Crippen LogP contribution in [0.15, 0.2) is 30.7 Å². The van der Waals surface area contributed by atoms with Crippen LogP contribution in [0, 0.1) is 29.6 Å². The zero-order chi connectivity index (χ0) is 25.7. The lowest BCUT2D eigenvalue weighted by atomic mass is 9.88. The third-order valence-electron chi connectivity index (χ3n) is 6.93. The first-order chi connectivity index (χ1) is 16.6. The molecule has 0 aromatic carbocycles. The highest BCUT2D eigenvalue weighted by atomic mass is 16.5. The highest BCUT2D eigenvalue weighted by Crippen LogP contribution is 2.39. The van der Waals surface area contributed by atoms with Gasteiger partial charge >= 0.3 is 5.97 Å². The molecular formula is C26H36N4O5. The molecule has 9 nitrogen and oxygen atoms in total. The second-order valence-electron chi connectivity index (χ2n) is 9.98. The number of nitrogens with one attached hydrogen (secondary N) is 1. The van der Waals surface area contributed by atoms with Crippen molar-refractivity contribution in [2.24, 2.45) is 29.6 Å². The Bertz CT molecular complexity index is 962. The van der Waals surface area contributed by atoms with Crippen molar-refractivity contribution < 1.29 is 23.9 Å². The van der Waals surface area contributed by atoms with E-state index in [1.165, 1.54) is 18.6 Å². The Hall–Kier alpha value is -3.10. The molecule has 1 fully saturated rings. The van der Waals surface area contributed by atoms with Crippen LogP contribution in [0.2, 0.25) is 0 Å². The number of aromatic nitrogens is 2. The van der Waals surface area contributed by atoms with Gasteiger partial charge in [-0.3, -0.25) is 19.4 Å². The largest absolute Gasteiger partial charge is 0.464 e. The maximum Gasteiger partial charge on any atom is 0.329 e. The van der Waals surface area contributed by atoms with Gasteiger partial charge < -0.3 is 15.0 Å². The molecule has 2 heterocycles. The Morgan fingerprint density at radius 1 is 1.14 bits per heavy atom. The lowest BCUT2D eigenvalue weighted by molar-refractivity contribution is -0.155. The van der Waals surface area contributed by atoms with Crippen molar-refractivity contribution in [3.8, 4) is 0 Å². The molecule has 1 aliphatic carbocycles. The summed E-state index contributed by atoms with van der Waals surface area (Å²) in [5.74, 6) is -2.23. The van der Waals surface area contributed by atoms with Crippen molar-refractivity contribution in [1.29, 1.82) is 0 Å². The van der Waals surface area contributed by atoms with Gasteiger partial charge in [-0.05, 0) is 25.2 Å². The van der Waals surface area contributed by atoms with Crippen molar-refractivity contribution >= 4 is 23.6 Å². The Balaban J connectivity index is 1.77. The molecule has 1 N–H and O–H groups in total. The van der Waals surface area contributed by atoms with Crippen LogP contribution in [0.4, 0.5) is 0 Å². The van der Waals surface area contributed by atoms with Gasteiger partial charge in [0, 0.05) is 43.1 Å². The van der Waals surface area contributed by atoms with Crippen molar-refractivity contribution in [3.63, 3.8) is 0 Å². The lowest BCUT2D eigenvalue weighted by Gasteiger charge is -2.32. The zero-order valence-electron chi connectivity index (χ0n) is 21.1. The van der Waals surface area contributed by atoms with Crippen molar-refractivity contribution in [2.75, 3.05) is 13.2 Å². The number of Topliss-reactive ketones (excluding diaryl/α,β-unsaturated/α-hetero) is 1. The fourth-order valence-corrected chi connectivity index (χ4v) is 4.95. The first kappa shape index (κ1) is 26.5. The van der Waals surface area contributed by atoms with E-state index in [9.17, 15) is 19.2 Å². The number of likely N-dealkylation sites (tertiary alicyclic amines) is 1. The normalized spacial score (nSPS) is 22.7. The number of amides is 2. The number of allylic oxidation sites excluding steroid dienone is 1. The fourth-order valence-electron chi connectivity index (χ4n) is 4.95. The van der Waals surface area contributed by atoms with E-state index in [1.54, 1.807) is 11.8 Å². The van der Waals surface area contributed by atoms with Gasteiger partial charge in [0.05, 0.1) is 12.8 Å². The summed E-state index contributed by atoms with van der Waals surface area (Å²) in [6.45, 7) is 9.84. The van der Waals surface area contributed by atoms with Crippen LogP contribution in [-0.2, 0) is 19.1 Å². The smallest absolute Gasteiger partial charge is 0.329 e. The van der Waals surface area contributed by atoms with Gasteiger partial charge in [-0.15, -0.1) is 0 Å². The molecule has 5 atom stereocenters. The van der Waals surface area contributed by atoms with Gasteiger partial charge in [-0.25, -0.2) is 9.78 Å². The van der Waals surface area contributed by atoms with Gasteiger partial charge in [-0.2, -0.15) is 0 Å². The monoisotopic (exact) mass is 484 g/mol. The van der Waals surface area contributed by atoms with Crippen LogP contribution in [0.5, 0.6) is 0 Å². The summed E-state index contributed by atoms with van der Waals surface area (Å²) < 4.78 is 5.29. The molecule has 1 aromatic rings. The van der Waals surface area contributed by atoms with Gasteiger partial charge in [0.25, 0.3) is 0 Å². The highest BCUT2D eigenvalue weighted by Gasteiger charge is 2.50. The number of fused-ring (bicyclic) bond motifs is 1. The van der Waals surface area contributed by atoms with E-state index in [2.05, 4.69) is 21.4 Å². The Kier molecular flexibility index (Phi) is 8.75. The predicted octanol–water partition coefficient (Wildman–Crippen LogP) is 2.43. The average molecular weight is 485 g/mol. The maximum atomic E-state index is 13.7. The summed E-state index contributed by atoms with van der Waals surface area (Å²) in [5.41, 5.74) is 0.205. The minimum absolute atomic E-state index is 0.00507. The molecule has 0 radical (unpaired) electrons. The molecule has 2 amide bonds. The van der Waals surface area contributed by atoms with E-state index in [4.69, 9.17) is 4.74 Å². The average Bonchev–Trinajstić information content (AvgIpc) is 3.42. The van der Waals surface area contributed by atoms with Gasteiger partial charge in [0.2, 0.25) is 11.8 Å². The van der Waals surface area contributed by atoms with Crippen LogP contribution in [0.3, 0.4) is 0 Å². The molecule has 1 aromatic heterocycles. The number of rotatable bonds is 10. The second-order valence-corrected chi connectivity index (χ2v) is 9.98. The summed E-state index contributed by atoms with van der Waals surface area (Å²) in [5, 5.41) is 2.90. The number of ketones is 1. The van der Waals surface area contributed by atoms with Gasteiger partial charge in [0.1, 0.15) is 17.8 Å². The molecule has 3 rings (SSSR count). The van der Waals surface area contributed by atoms with E-state index in [0.717, 1.165) is 6.42 Å². The summed E-state index contributed by atoms with van der Waals surface area (Å²) in [6.07, 6.45) is 9.08. The molecule has 1 unspecified atom stereocenters. The molecule has 0 spiro atoms. The highest BCUT2D eigenvalue weighted by molar-refractivity contribution is 5.98. The van der Waals surface area contributed by atoms with Gasteiger partial charge in [-0.1, -0.05) is 39.8 Å². The van der Waals surface area contributed by atoms with Crippen molar-refractivity contribution in [2.45, 2.75) is 59.5 Å². The van der Waals surface area contributed by atoms with Crippen LogP contribution in [-0.4, -0.2) is 63.7 Å². The van der Waals surface area contributed by atoms with Crippen LogP contribution in [0.1, 0.15) is 57.9 Å². The minimum Gasteiger partial charge on any atom is -0.464 e. The quantitative estimate of drug-likeness (QED) is 0.308. The molecule has 190 valence electrons. The predicted molar refractivity (Wildman–Crippen MR) is 129 cm³/mol. The van der Waals surface area contributed by atoms with Crippen molar-refractivity contribution in [1.82, 2.24) is 20.2 Å². The molecule has 35 heavy (non-hydrogen) atoms. The molecule has 0 bridgehead atoms. The Morgan fingerprint density at radius 3 is 2.49 bits per heavy atom. The third kappa shape index (κ3) is 5.94. The van der Waals surface area contributed by atoms with Crippen LogP contribution >= 0.6 is 0 Å². The van der Waals surface area contributed by atoms with E-state index in [1.807, 2.05) is 33.8 Å². The minimum atomic E-state index is -0.824. The van der Waals surface area contributed by atoms with E-state index in [-0.39, 0.29) is 60.0 Å². The first-order valence-electron chi connectivity index (χ1n) is 12.4. The number of esters is 1. The number of carbonyl (C=O) groups is 4. The topological polar surface area (TPSA) is 119 Å². The molecule has 0 saturated carbocycles. The van der Waals surface area contributed by atoms with Crippen molar-refractivity contribution in [3.05, 3.63) is 36.4 Å². The standard InChI is InChI=1S/C26H36N4O5/c1-6-35-26(34)23-18-9-7-8-17(18)14-30(23)25(33)22(16(4)5)29-24(32)19(15(2)3)12-21(31)20-13-27-10-11-28-20/h7-8,10-11,13,15-19,22-23H,6,9,12,14H2,1-5H3,(H,29,32)/t17-,18-,19-,22-,23?/m0/s1. The second kappa shape index (κ2) is 11.6. The van der Waals surface area contributed by atoms with E-state index >= 15 is 0 Å². The Morgan fingerprint density at radius 2 is 1.89 bits per heavy atom. The summed E-state index contributed by atoms with van der Waals surface area (Å²) in [6, 6.07) is -1.49. The number of carbonyl (C=O) groups excluding carboxylic acids is 4. The van der Waals surface area contributed by atoms with Gasteiger partial charge in [0.15, 0.2) is 5.78 Å². The fraction of sp³-hybridized carbons (Fsp3) is 0.615. The zero-order valence-corrected chi connectivity index (χ0v) is 21.1. The maximum absolute atomic E-state index is 13.7. The summed E-state index contributed by atoms with van der Waals surface area (Å²) in [4.78, 5) is 62.1. The lowest BCUT2D eigenvalue weighted by Crippen LogP contribution is -2.56. The Labute approximate surface area is 206 Å². The number of nitrogens with zero attached hydrogens (tertiary/aromatic N) is 3. The summed E-state index contributed by atoms with van der Waals surface area (Å²) >= 11 is 0. The SMILES string of the molecule is CCOC(=O)C1[C@H]2CC=C[C@H]2CN1C(=O)[C@@H](NC(=O)[C@@H](CC(=O)c1cnccn1)C(C)C)C(C)C. The molecule has 1 saturated heterocycles. The van der Waals surface area contributed by atoms with E-state index in [0.29, 0.717) is 6.54 Å². The third-order valence-corrected chi connectivity index (χ3v) is 6.93. The number of hydrogen-bond acceptors (Lipinski definition) is 7. The van der Waals surface area contributed by atoms with Crippen LogP contribution < -0.4 is 5.32 Å². The number of ether oxygens (including phenoxy) is 1. The first-order valence-corrected chi connectivity index (χ1v) is 12.4. The molecule has 2 aliphatic rings. The van der Waals surface area contributed by atoms with Crippen LogP contribution in [0.25, 0.3) is 0 Å².